The van der Waals surface area contributed by atoms with E-state index in [4.69, 9.17) is 24.7 Å². The Hall–Kier alpha value is -4.21. The van der Waals surface area contributed by atoms with Crippen molar-refractivity contribution in [2.45, 2.75) is 24.8 Å². The zero-order chi connectivity index (χ0) is 24.7. The van der Waals surface area contributed by atoms with Gasteiger partial charge in [-0.2, -0.15) is 4.98 Å². The summed E-state index contributed by atoms with van der Waals surface area (Å²) >= 11 is 0. The maximum Gasteiger partial charge on any atom is 0.241 e. The molecule has 0 bridgehead atoms. The molecular weight excluding hydrogens is 450 g/mol. The van der Waals surface area contributed by atoms with Crippen LogP contribution in [0.4, 0.5) is 11.9 Å². The van der Waals surface area contributed by atoms with E-state index in [1.54, 1.807) is 33.1 Å². The molecule has 10 heteroatoms. The first-order chi connectivity index (χ1) is 17.0. The van der Waals surface area contributed by atoms with Gasteiger partial charge >= 0.3 is 0 Å². The Labute approximate surface area is 202 Å². The molecule has 0 fully saturated rings. The summed E-state index contributed by atoms with van der Waals surface area (Å²) in [4.78, 5) is 18.1. The lowest BCUT2D eigenvalue weighted by Crippen LogP contribution is -2.33. The molecule has 10 nitrogen and oxygen atoms in total. The third-order valence-corrected chi connectivity index (χ3v) is 6.54. The van der Waals surface area contributed by atoms with Crippen molar-refractivity contribution >= 4 is 17.7 Å². The molecule has 0 saturated carbocycles. The number of Topliss-reactive ketones (excluding diaryl/α,β-unsaturated/α-hetero) is 1. The molecule has 0 spiro atoms. The van der Waals surface area contributed by atoms with Crippen LogP contribution in [0.15, 0.2) is 47.7 Å². The van der Waals surface area contributed by atoms with Crippen LogP contribution < -0.4 is 30.0 Å². The standard InChI is InChI=1S/C25H27N5O5/c1-32-18-9-8-13(12-20(18)34-3)14-10-16-21(17(31)11-14)22(30-25(27-16)28-24(26)29-30)15-6-5-7-19(33-2)23(15)35-4/h5-9,12,14,22H,10-11H2,1-4H3,(H3,26,27,28,29)/t14-,22+/m0/s1. The summed E-state index contributed by atoms with van der Waals surface area (Å²) in [6, 6.07) is 10.8. The van der Waals surface area contributed by atoms with Crippen molar-refractivity contribution in [3.05, 3.63) is 58.8 Å². The highest BCUT2D eigenvalue weighted by atomic mass is 16.5. The number of carbonyl (C=O) groups is 1. The number of nitrogen functional groups attached to an aromatic ring is 1. The van der Waals surface area contributed by atoms with Crippen LogP contribution in [-0.4, -0.2) is 49.0 Å². The molecule has 35 heavy (non-hydrogen) atoms. The third-order valence-electron chi connectivity index (χ3n) is 6.54. The summed E-state index contributed by atoms with van der Waals surface area (Å²) in [7, 11) is 6.34. The van der Waals surface area contributed by atoms with E-state index in [0.717, 1.165) is 16.8 Å². The van der Waals surface area contributed by atoms with Crippen molar-refractivity contribution in [2.75, 3.05) is 39.5 Å². The van der Waals surface area contributed by atoms with Crippen LogP contribution in [0, 0.1) is 0 Å². The predicted molar refractivity (Wildman–Crippen MR) is 129 cm³/mol. The fourth-order valence-electron chi connectivity index (χ4n) is 4.99. The minimum absolute atomic E-state index is 0.00753. The second-order valence-corrected chi connectivity index (χ2v) is 8.38. The summed E-state index contributed by atoms with van der Waals surface area (Å²) in [5.41, 5.74) is 9.10. The molecule has 1 aliphatic carbocycles. The van der Waals surface area contributed by atoms with Crippen molar-refractivity contribution in [3.8, 4) is 23.0 Å². The molecule has 1 aliphatic heterocycles. The molecule has 0 unspecified atom stereocenters. The second kappa shape index (κ2) is 8.86. The predicted octanol–water partition coefficient (Wildman–Crippen LogP) is 3.31. The number of benzene rings is 2. The number of ether oxygens (including phenoxy) is 4. The van der Waals surface area contributed by atoms with Crippen LogP contribution >= 0.6 is 0 Å². The highest BCUT2D eigenvalue weighted by Crippen LogP contribution is 2.48. The Balaban J connectivity index is 1.62. The third kappa shape index (κ3) is 3.71. The van der Waals surface area contributed by atoms with Crippen LogP contribution in [0.2, 0.25) is 0 Å². The van der Waals surface area contributed by atoms with E-state index in [-0.39, 0.29) is 17.6 Å². The van der Waals surface area contributed by atoms with E-state index >= 15 is 0 Å². The molecule has 2 aromatic carbocycles. The summed E-state index contributed by atoms with van der Waals surface area (Å²) in [5, 5.41) is 7.70. The Bertz CT molecular complexity index is 1330. The van der Waals surface area contributed by atoms with E-state index in [1.807, 2.05) is 36.4 Å². The Morgan fingerprint density at radius 2 is 1.74 bits per heavy atom. The zero-order valence-electron chi connectivity index (χ0n) is 20.0. The molecule has 0 saturated heterocycles. The number of nitrogens with zero attached hydrogens (tertiary/aromatic N) is 3. The van der Waals surface area contributed by atoms with Crippen molar-refractivity contribution in [1.29, 1.82) is 0 Å². The van der Waals surface area contributed by atoms with Gasteiger partial charge in [0.25, 0.3) is 0 Å². The molecule has 182 valence electrons. The zero-order valence-corrected chi connectivity index (χ0v) is 20.0. The quantitative estimate of drug-likeness (QED) is 0.550. The number of hydrogen-bond acceptors (Lipinski definition) is 9. The Morgan fingerprint density at radius 1 is 0.971 bits per heavy atom. The van der Waals surface area contributed by atoms with Gasteiger partial charge in [-0.3, -0.25) is 4.79 Å². The average Bonchev–Trinajstić information content (AvgIpc) is 3.25. The van der Waals surface area contributed by atoms with Crippen molar-refractivity contribution in [3.63, 3.8) is 0 Å². The fraction of sp³-hybridized carbons (Fsp3) is 0.320. The van der Waals surface area contributed by atoms with Gasteiger partial charge in [-0.05, 0) is 36.1 Å². The second-order valence-electron chi connectivity index (χ2n) is 8.38. The smallest absolute Gasteiger partial charge is 0.241 e. The molecule has 2 aliphatic rings. The van der Waals surface area contributed by atoms with Crippen molar-refractivity contribution < 1.29 is 23.7 Å². The van der Waals surface area contributed by atoms with E-state index in [2.05, 4.69) is 15.4 Å². The van der Waals surface area contributed by atoms with E-state index in [9.17, 15) is 4.79 Å². The molecule has 0 amide bonds. The van der Waals surface area contributed by atoms with Crippen LogP contribution in [0.1, 0.15) is 35.9 Å². The first kappa shape index (κ1) is 22.6. The van der Waals surface area contributed by atoms with Crippen LogP contribution in [-0.2, 0) is 4.79 Å². The molecule has 3 aromatic rings. The normalized spacial score (nSPS) is 18.9. The number of methoxy groups -OCH3 is 4. The summed E-state index contributed by atoms with van der Waals surface area (Å²) in [6.07, 6.45) is 0.935. The van der Waals surface area contributed by atoms with E-state index in [1.165, 1.54) is 0 Å². The number of allylic oxidation sites excluding steroid dienone is 2. The highest BCUT2D eigenvalue weighted by molar-refractivity contribution is 6.00. The highest BCUT2D eigenvalue weighted by Gasteiger charge is 2.41. The van der Waals surface area contributed by atoms with Crippen LogP contribution in [0.5, 0.6) is 23.0 Å². The summed E-state index contributed by atoms with van der Waals surface area (Å²) in [5.74, 6) is 2.90. The minimum Gasteiger partial charge on any atom is -0.493 e. The van der Waals surface area contributed by atoms with Gasteiger partial charge in [0, 0.05) is 23.3 Å². The van der Waals surface area contributed by atoms with Gasteiger partial charge in [-0.25, -0.2) is 4.68 Å². The lowest BCUT2D eigenvalue weighted by molar-refractivity contribution is -0.116. The Kier molecular flexibility index (Phi) is 5.72. The minimum atomic E-state index is -0.560. The lowest BCUT2D eigenvalue weighted by atomic mass is 9.77. The van der Waals surface area contributed by atoms with Gasteiger partial charge in [-0.15, -0.1) is 5.10 Å². The number of rotatable bonds is 6. The van der Waals surface area contributed by atoms with Crippen LogP contribution in [0.3, 0.4) is 0 Å². The maximum absolute atomic E-state index is 13.7. The topological polar surface area (TPSA) is 123 Å². The number of para-hydroxylation sites is 1. The van der Waals surface area contributed by atoms with Crippen LogP contribution in [0.25, 0.3) is 0 Å². The monoisotopic (exact) mass is 477 g/mol. The SMILES string of the molecule is COc1ccc([C@@H]2CC(=O)C3=C(C2)Nc2nc(N)nn2[C@@H]3c2cccc(OC)c2OC)cc1OC. The summed E-state index contributed by atoms with van der Waals surface area (Å²) < 4.78 is 23.7. The number of nitrogens with two attached hydrogens (primary N) is 1. The van der Waals surface area contributed by atoms with Crippen molar-refractivity contribution in [2.24, 2.45) is 0 Å². The van der Waals surface area contributed by atoms with Gasteiger partial charge in [-0.1, -0.05) is 18.2 Å². The summed E-state index contributed by atoms with van der Waals surface area (Å²) in [6.45, 7) is 0. The Morgan fingerprint density at radius 3 is 2.46 bits per heavy atom. The average molecular weight is 478 g/mol. The van der Waals surface area contributed by atoms with Gasteiger partial charge in [0.15, 0.2) is 28.8 Å². The van der Waals surface area contributed by atoms with Gasteiger partial charge in [0.1, 0.15) is 6.04 Å². The molecule has 2 heterocycles. The van der Waals surface area contributed by atoms with E-state index < -0.39 is 6.04 Å². The molecule has 2 atom stereocenters. The number of fused-ring (bicyclic) bond motifs is 1. The first-order valence-electron chi connectivity index (χ1n) is 11.2. The number of anilines is 2. The number of aromatic nitrogens is 3. The molecule has 5 rings (SSSR count). The molecule has 1 aromatic heterocycles. The fourth-order valence-corrected chi connectivity index (χ4v) is 4.99. The molecule has 0 radical (unpaired) electrons. The maximum atomic E-state index is 13.7. The number of nitrogens with one attached hydrogen (secondary N) is 1. The molecule has 3 N–H and O–H groups in total. The first-order valence-corrected chi connectivity index (χ1v) is 11.2. The molecular formula is C25H27N5O5. The van der Waals surface area contributed by atoms with Gasteiger partial charge in [0.05, 0.1) is 28.4 Å². The largest absolute Gasteiger partial charge is 0.493 e. The van der Waals surface area contributed by atoms with Gasteiger partial charge < -0.3 is 30.0 Å². The number of ketones is 1. The lowest BCUT2D eigenvalue weighted by Gasteiger charge is -2.35. The van der Waals surface area contributed by atoms with Gasteiger partial charge in [0.2, 0.25) is 11.9 Å². The van der Waals surface area contributed by atoms with E-state index in [0.29, 0.717) is 47.4 Å². The number of hydrogen-bond donors (Lipinski definition) is 2. The van der Waals surface area contributed by atoms with Crippen molar-refractivity contribution in [1.82, 2.24) is 14.8 Å². The number of carbonyl (C=O) groups excluding carboxylic acids is 1.